The molecule has 2 heterocycles. The molecule has 110 valence electrons. The molecule has 2 aromatic carbocycles. The van der Waals surface area contributed by atoms with Crippen molar-refractivity contribution in [3.8, 4) is 16.9 Å². The van der Waals surface area contributed by atoms with Crippen LogP contribution in [0.2, 0.25) is 0 Å². The molecule has 4 nitrogen and oxygen atoms in total. The van der Waals surface area contributed by atoms with E-state index in [-0.39, 0.29) is 5.56 Å². The summed E-state index contributed by atoms with van der Waals surface area (Å²) < 4.78 is 6.77. The van der Waals surface area contributed by atoms with Gasteiger partial charge in [0.1, 0.15) is 12.4 Å². The van der Waals surface area contributed by atoms with Gasteiger partial charge >= 0.3 is 0 Å². The van der Waals surface area contributed by atoms with Crippen molar-refractivity contribution in [3.05, 3.63) is 64.6 Å². The molecule has 1 aromatic heterocycles. The van der Waals surface area contributed by atoms with Crippen LogP contribution < -0.4 is 15.1 Å². The minimum atomic E-state index is -0.107. The van der Waals surface area contributed by atoms with Crippen LogP contribution in [-0.2, 0) is 6.42 Å². The molecule has 0 saturated heterocycles. The van der Waals surface area contributed by atoms with E-state index in [0.29, 0.717) is 12.0 Å². The minimum absolute atomic E-state index is 0.107. The maximum atomic E-state index is 12.6. The SMILES string of the molecule is COc1ccc2c(=O)n3c(c(-c4ccccc4)c2c1)CCO3. The number of hydrogen-bond acceptors (Lipinski definition) is 3. The smallest absolute Gasteiger partial charge is 0.291 e. The van der Waals surface area contributed by atoms with Crippen molar-refractivity contribution in [1.82, 2.24) is 4.73 Å². The Hall–Kier alpha value is -2.75. The molecular weight excluding hydrogens is 278 g/mol. The molecule has 4 heteroatoms. The van der Waals surface area contributed by atoms with E-state index in [9.17, 15) is 4.79 Å². The van der Waals surface area contributed by atoms with Gasteiger partial charge in [-0.1, -0.05) is 30.3 Å². The van der Waals surface area contributed by atoms with Crippen molar-refractivity contribution in [3.63, 3.8) is 0 Å². The number of rotatable bonds is 2. The van der Waals surface area contributed by atoms with Crippen molar-refractivity contribution in [1.29, 1.82) is 0 Å². The van der Waals surface area contributed by atoms with Crippen LogP contribution >= 0.6 is 0 Å². The zero-order valence-electron chi connectivity index (χ0n) is 12.2. The van der Waals surface area contributed by atoms with Crippen molar-refractivity contribution >= 4 is 10.8 Å². The highest BCUT2D eigenvalue weighted by Gasteiger charge is 2.23. The third-order valence-corrected chi connectivity index (χ3v) is 4.07. The largest absolute Gasteiger partial charge is 0.497 e. The summed E-state index contributed by atoms with van der Waals surface area (Å²) in [5.74, 6) is 0.743. The molecule has 3 aromatic rings. The van der Waals surface area contributed by atoms with Gasteiger partial charge in [0.25, 0.3) is 5.56 Å². The molecule has 0 spiro atoms. The summed E-state index contributed by atoms with van der Waals surface area (Å²) in [5, 5.41) is 1.55. The van der Waals surface area contributed by atoms with Gasteiger partial charge in [0.15, 0.2) is 0 Å². The van der Waals surface area contributed by atoms with Crippen LogP contribution in [0.5, 0.6) is 5.75 Å². The molecule has 0 aliphatic carbocycles. The maximum absolute atomic E-state index is 12.6. The van der Waals surface area contributed by atoms with E-state index in [1.54, 1.807) is 19.2 Å². The van der Waals surface area contributed by atoms with Crippen molar-refractivity contribution in [2.75, 3.05) is 13.7 Å². The monoisotopic (exact) mass is 293 g/mol. The summed E-state index contributed by atoms with van der Waals surface area (Å²) in [6, 6.07) is 15.6. The van der Waals surface area contributed by atoms with Crippen LogP contribution in [0.25, 0.3) is 21.9 Å². The number of fused-ring (bicyclic) bond motifs is 2. The molecule has 0 amide bonds. The van der Waals surface area contributed by atoms with Crippen molar-refractivity contribution < 1.29 is 9.57 Å². The first-order valence-corrected chi connectivity index (χ1v) is 7.24. The number of benzene rings is 2. The van der Waals surface area contributed by atoms with Crippen LogP contribution in [0, 0.1) is 0 Å². The molecule has 0 bridgehead atoms. The van der Waals surface area contributed by atoms with Crippen molar-refractivity contribution in [2.45, 2.75) is 6.42 Å². The van der Waals surface area contributed by atoms with Crippen LogP contribution in [0.3, 0.4) is 0 Å². The Labute approximate surface area is 127 Å². The Morgan fingerprint density at radius 3 is 2.68 bits per heavy atom. The van der Waals surface area contributed by atoms with Gasteiger partial charge < -0.3 is 9.57 Å². The number of pyridine rings is 1. The third kappa shape index (κ3) is 1.80. The summed E-state index contributed by atoms with van der Waals surface area (Å²) in [6.07, 6.45) is 0.729. The van der Waals surface area contributed by atoms with Gasteiger partial charge in [0, 0.05) is 17.4 Å². The van der Waals surface area contributed by atoms with Gasteiger partial charge in [0.05, 0.1) is 18.2 Å². The van der Waals surface area contributed by atoms with Gasteiger partial charge in [-0.15, -0.1) is 4.73 Å². The lowest BCUT2D eigenvalue weighted by Gasteiger charge is -2.13. The number of hydrogen-bond donors (Lipinski definition) is 0. The topological polar surface area (TPSA) is 40.5 Å². The van der Waals surface area contributed by atoms with Crippen LogP contribution in [0.15, 0.2) is 53.3 Å². The van der Waals surface area contributed by atoms with E-state index < -0.39 is 0 Å². The average Bonchev–Trinajstić information content (AvgIpc) is 3.05. The quantitative estimate of drug-likeness (QED) is 0.729. The Balaban J connectivity index is 2.17. The second kappa shape index (κ2) is 4.91. The standard InChI is InChI=1S/C18H15NO3/c1-21-13-7-8-14-15(11-13)17(12-5-3-2-4-6-12)16-9-10-22-19(16)18(14)20/h2-8,11H,9-10H2,1H3. The third-order valence-electron chi connectivity index (χ3n) is 4.07. The lowest BCUT2D eigenvalue weighted by molar-refractivity contribution is 0.143. The summed E-state index contributed by atoms with van der Waals surface area (Å²) in [5.41, 5.74) is 2.95. The van der Waals surface area contributed by atoms with E-state index >= 15 is 0 Å². The Morgan fingerprint density at radius 2 is 1.91 bits per heavy atom. The summed E-state index contributed by atoms with van der Waals surface area (Å²) in [6.45, 7) is 0.530. The minimum Gasteiger partial charge on any atom is -0.497 e. The Bertz CT molecular complexity index is 913. The predicted octanol–water partition coefficient (Wildman–Crippen LogP) is 2.66. The number of aromatic nitrogens is 1. The van der Waals surface area contributed by atoms with Gasteiger partial charge in [-0.25, -0.2) is 0 Å². The van der Waals surface area contributed by atoms with Crippen LogP contribution in [0.1, 0.15) is 5.69 Å². The number of methoxy groups -OCH3 is 1. The lowest BCUT2D eigenvalue weighted by atomic mass is 9.96. The maximum Gasteiger partial charge on any atom is 0.291 e. The highest BCUT2D eigenvalue weighted by atomic mass is 16.7. The van der Waals surface area contributed by atoms with Gasteiger partial charge in [-0.2, -0.15) is 0 Å². The Kier molecular flexibility index (Phi) is 2.89. The molecule has 0 atom stereocenters. The molecule has 1 aliphatic heterocycles. The second-order valence-corrected chi connectivity index (χ2v) is 5.28. The predicted molar refractivity (Wildman–Crippen MR) is 85.3 cm³/mol. The second-order valence-electron chi connectivity index (χ2n) is 5.28. The van der Waals surface area contributed by atoms with Gasteiger partial charge in [-0.05, 0) is 23.8 Å². The molecule has 22 heavy (non-hydrogen) atoms. The van der Waals surface area contributed by atoms with E-state index in [1.165, 1.54) is 4.73 Å². The average molecular weight is 293 g/mol. The van der Waals surface area contributed by atoms with E-state index in [2.05, 4.69) is 12.1 Å². The van der Waals surface area contributed by atoms with Crippen molar-refractivity contribution in [2.24, 2.45) is 0 Å². The molecule has 0 radical (unpaired) electrons. The molecular formula is C18H15NO3. The highest BCUT2D eigenvalue weighted by Crippen LogP contribution is 2.33. The fourth-order valence-corrected chi connectivity index (χ4v) is 3.06. The number of nitrogens with zero attached hydrogens (tertiary/aromatic N) is 1. The summed E-state index contributed by atoms with van der Waals surface area (Å²) in [4.78, 5) is 18.1. The first kappa shape index (κ1) is 13.0. The van der Waals surface area contributed by atoms with E-state index in [0.717, 1.165) is 34.4 Å². The molecule has 0 saturated carbocycles. The molecule has 1 aliphatic rings. The van der Waals surface area contributed by atoms with Gasteiger partial charge in [-0.3, -0.25) is 4.79 Å². The molecule has 0 fully saturated rings. The molecule has 0 N–H and O–H groups in total. The zero-order valence-corrected chi connectivity index (χ0v) is 12.2. The first-order valence-electron chi connectivity index (χ1n) is 7.24. The fraction of sp³-hybridized carbons (Fsp3) is 0.167. The zero-order chi connectivity index (χ0) is 15.1. The van der Waals surface area contributed by atoms with Gasteiger partial charge in [0.2, 0.25) is 0 Å². The van der Waals surface area contributed by atoms with E-state index in [1.807, 2.05) is 24.3 Å². The lowest BCUT2D eigenvalue weighted by Crippen LogP contribution is -2.24. The Morgan fingerprint density at radius 1 is 1.09 bits per heavy atom. The summed E-state index contributed by atoms with van der Waals surface area (Å²) in [7, 11) is 1.63. The number of ether oxygens (including phenoxy) is 1. The highest BCUT2D eigenvalue weighted by molar-refractivity contribution is 5.98. The summed E-state index contributed by atoms with van der Waals surface area (Å²) >= 11 is 0. The molecule has 4 rings (SSSR count). The molecule has 0 unspecified atom stereocenters. The fourth-order valence-electron chi connectivity index (χ4n) is 3.06. The van der Waals surface area contributed by atoms with E-state index in [4.69, 9.17) is 9.57 Å². The normalized spacial score (nSPS) is 13.0. The first-order chi connectivity index (χ1) is 10.8. The van der Waals surface area contributed by atoms with Crippen LogP contribution in [-0.4, -0.2) is 18.4 Å². The van der Waals surface area contributed by atoms with Crippen LogP contribution in [0.4, 0.5) is 0 Å².